The summed E-state index contributed by atoms with van der Waals surface area (Å²) in [6.45, 7) is 0. The topological polar surface area (TPSA) is 101 Å². The Bertz CT molecular complexity index is 704. The minimum Gasteiger partial charge on any atom is -0.478 e. The number of imidazole rings is 1. The largest absolute Gasteiger partial charge is 0.478 e. The molecule has 2 rings (SSSR count). The Kier molecular flexibility index (Phi) is 3.26. The lowest BCUT2D eigenvalue weighted by atomic mass is 10.2. The standard InChI is InChI=1S/C11H11N3O4S/c1-14-7-6-12-11(14)19(17,18)13-9-4-2-8(3-5-9)10(15)16/h2-7,13H,1H3,(H,15,16). The normalized spacial score (nSPS) is 11.2. The Morgan fingerprint density at radius 2 is 1.95 bits per heavy atom. The van der Waals surface area contributed by atoms with Gasteiger partial charge in [-0.2, -0.15) is 8.42 Å². The SMILES string of the molecule is Cn1ccnc1S(=O)(=O)Nc1ccc(C(=O)O)cc1. The van der Waals surface area contributed by atoms with Crippen molar-refractivity contribution in [2.45, 2.75) is 5.16 Å². The van der Waals surface area contributed by atoms with Crippen molar-refractivity contribution in [3.8, 4) is 0 Å². The van der Waals surface area contributed by atoms with Gasteiger partial charge in [0.1, 0.15) is 0 Å². The zero-order valence-corrected chi connectivity index (χ0v) is 10.8. The Balaban J connectivity index is 2.26. The average Bonchev–Trinajstić information content (AvgIpc) is 2.76. The van der Waals surface area contributed by atoms with Gasteiger partial charge in [-0.05, 0) is 24.3 Å². The van der Waals surface area contributed by atoms with Crippen molar-refractivity contribution in [3.63, 3.8) is 0 Å². The van der Waals surface area contributed by atoms with E-state index in [-0.39, 0.29) is 16.4 Å². The highest BCUT2D eigenvalue weighted by molar-refractivity contribution is 7.92. The van der Waals surface area contributed by atoms with E-state index in [9.17, 15) is 13.2 Å². The number of hydrogen-bond acceptors (Lipinski definition) is 4. The molecule has 0 unspecified atom stereocenters. The number of benzene rings is 1. The summed E-state index contributed by atoms with van der Waals surface area (Å²) in [5.74, 6) is -1.07. The lowest BCUT2D eigenvalue weighted by Crippen LogP contribution is -2.17. The van der Waals surface area contributed by atoms with Crippen molar-refractivity contribution in [2.24, 2.45) is 7.05 Å². The number of carboxylic acid groups (broad SMARTS) is 1. The van der Waals surface area contributed by atoms with Crippen LogP contribution >= 0.6 is 0 Å². The molecule has 0 aliphatic carbocycles. The summed E-state index contributed by atoms with van der Waals surface area (Å²) in [6.07, 6.45) is 2.89. The molecule has 8 heteroatoms. The number of carboxylic acids is 1. The van der Waals surface area contributed by atoms with Crippen LogP contribution in [0, 0.1) is 0 Å². The van der Waals surface area contributed by atoms with Crippen LogP contribution in [0.5, 0.6) is 0 Å². The van der Waals surface area contributed by atoms with Gasteiger partial charge in [0.25, 0.3) is 10.0 Å². The Morgan fingerprint density at radius 3 is 2.42 bits per heavy atom. The zero-order chi connectivity index (χ0) is 14.0. The number of hydrogen-bond donors (Lipinski definition) is 2. The molecule has 0 amide bonds. The second-order valence-electron chi connectivity index (χ2n) is 3.81. The number of aromatic nitrogens is 2. The van der Waals surface area contributed by atoms with Crippen LogP contribution in [-0.4, -0.2) is 29.0 Å². The van der Waals surface area contributed by atoms with E-state index in [1.54, 1.807) is 7.05 Å². The quantitative estimate of drug-likeness (QED) is 0.867. The van der Waals surface area contributed by atoms with Crippen LogP contribution in [0.25, 0.3) is 0 Å². The van der Waals surface area contributed by atoms with Crippen molar-refractivity contribution in [1.82, 2.24) is 9.55 Å². The van der Waals surface area contributed by atoms with Gasteiger partial charge >= 0.3 is 5.97 Å². The van der Waals surface area contributed by atoms with Gasteiger partial charge in [0.15, 0.2) is 0 Å². The number of anilines is 1. The van der Waals surface area contributed by atoms with Gasteiger partial charge in [0.05, 0.1) is 5.56 Å². The molecular weight excluding hydrogens is 270 g/mol. The number of aromatic carboxylic acids is 1. The van der Waals surface area contributed by atoms with Gasteiger partial charge in [-0.1, -0.05) is 0 Å². The molecule has 0 radical (unpaired) electrons. The van der Waals surface area contributed by atoms with Crippen LogP contribution in [-0.2, 0) is 17.1 Å². The van der Waals surface area contributed by atoms with Crippen LogP contribution in [0.15, 0.2) is 41.8 Å². The molecule has 0 bridgehead atoms. The maximum atomic E-state index is 12.0. The summed E-state index contributed by atoms with van der Waals surface area (Å²) >= 11 is 0. The number of aryl methyl sites for hydroxylation is 1. The number of rotatable bonds is 4. The smallest absolute Gasteiger partial charge is 0.335 e. The molecule has 0 aliphatic rings. The third-order valence-electron chi connectivity index (χ3n) is 2.40. The molecule has 19 heavy (non-hydrogen) atoms. The molecule has 2 N–H and O–H groups in total. The fourth-order valence-corrected chi connectivity index (χ4v) is 2.67. The third-order valence-corrected chi connectivity index (χ3v) is 3.78. The lowest BCUT2D eigenvalue weighted by Gasteiger charge is -2.07. The van der Waals surface area contributed by atoms with Gasteiger partial charge < -0.3 is 9.67 Å². The summed E-state index contributed by atoms with van der Waals surface area (Å²) < 4.78 is 27.7. The lowest BCUT2D eigenvalue weighted by molar-refractivity contribution is 0.0697. The first-order chi connectivity index (χ1) is 8.90. The van der Waals surface area contributed by atoms with E-state index in [1.165, 1.54) is 41.2 Å². The van der Waals surface area contributed by atoms with Crippen LogP contribution < -0.4 is 4.72 Å². The van der Waals surface area contributed by atoms with E-state index in [1.807, 2.05) is 0 Å². The summed E-state index contributed by atoms with van der Waals surface area (Å²) in [4.78, 5) is 14.4. The highest BCUT2D eigenvalue weighted by atomic mass is 32.2. The molecule has 2 aromatic rings. The van der Waals surface area contributed by atoms with Gasteiger partial charge in [-0.25, -0.2) is 9.78 Å². The van der Waals surface area contributed by atoms with E-state index in [0.29, 0.717) is 0 Å². The maximum Gasteiger partial charge on any atom is 0.335 e. The van der Waals surface area contributed by atoms with Crippen molar-refractivity contribution in [2.75, 3.05) is 4.72 Å². The van der Waals surface area contributed by atoms with E-state index in [4.69, 9.17) is 5.11 Å². The predicted molar refractivity (Wildman–Crippen MR) is 67.4 cm³/mol. The van der Waals surface area contributed by atoms with E-state index in [2.05, 4.69) is 9.71 Å². The monoisotopic (exact) mass is 281 g/mol. The summed E-state index contributed by atoms with van der Waals surface area (Å²) in [5, 5.41) is 8.63. The summed E-state index contributed by atoms with van der Waals surface area (Å²) in [5.41, 5.74) is 0.355. The first-order valence-electron chi connectivity index (χ1n) is 5.23. The second-order valence-corrected chi connectivity index (χ2v) is 5.38. The molecule has 1 aromatic heterocycles. The number of sulfonamides is 1. The van der Waals surface area contributed by atoms with Gasteiger partial charge in [0, 0.05) is 25.1 Å². The van der Waals surface area contributed by atoms with Gasteiger partial charge in [0.2, 0.25) is 5.16 Å². The number of carbonyl (C=O) groups is 1. The zero-order valence-electron chi connectivity index (χ0n) is 9.94. The maximum absolute atomic E-state index is 12.0. The van der Waals surface area contributed by atoms with Crippen LogP contribution in [0.1, 0.15) is 10.4 Å². The molecule has 100 valence electrons. The molecule has 7 nitrogen and oxygen atoms in total. The molecule has 0 spiro atoms. The van der Waals surface area contributed by atoms with Crippen molar-refractivity contribution in [3.05, 3.63) is 42.2 Å². The number of nitrogens with one attached hydrogen (secondary N) is 1. The minimum absolute atomic E-state index is 0.0833. The van der Waals surface area contributed by atoms with E-state index in [0.717, 1.165) is 0 Å². The molecule has 0 atom stereocenters. The Morgan fingerprint density at radius 1 is 1.32 bits per heavy atom. The van der Waals surface area contributed by atoms with Gasteiger partial charge in [-0.15, -0.1) is 0 Å². The highest BCUT2D eigenvalue weighted by Crippen LogP contribution is 2.15. The van der Waals surface area contributed by atoms with Gasteiger partial charge in [-0.3, -0.25) is 4.72 Å². The van der Waals surface area contributed by atoms with Crippen molar-refractivity contribution in [1.29, 1.82) is 0 Å². The van der Waals surface area contributed by atoms with Crippen molar-refractivity contribution >= 4 is 21.7 Å². The van der Waals surface area contributed by atoms with E-state index >= 15 is 0 Å². The fraction of sp³-hybridized carbons (Fsp3) is 0.0909. The molecule has 0 fully saturated rings. The number of nitrogens with zero attached hydrogens (tertiary/aromatic N) is 2. The first-order valence-corrected chi connectivity index (χ1v) is 6.72. The van der Waals surface area contributed by atoms with E-state index < -0.39 is 16.0 Å². The highest BCUT2D eigenvalue weighted by Gasteiger charge is 2.19. The molecule has 1 aromatic carbocycles. The first kappa shape index (κ1) is 13.1. The van der Waals surface area contributed by atoms with Crippen LogP contribution in [0.2, 0.25) is 0 Å². The Labute approximate surface area is 109 Å². The summed E-state index contributed by atoms with van der Waals surface area (Å²) in [6, 6.07) is 5.39. The third kappa shape index (κ3) is 2.74. The predicted octanol–water partition coefficient (Wildman–Crippen LogP) is 0.919. The molecular formula is C11H11N3O4S. The fourth-order valence-electron chi connectivity index (χ4n) is 1.49. The average molecular weight is 281 g/mol. The molecule has 0 saturated heterocycles. The molecule has 0 aliphatic heterocycles. The minimum atomic E-state index is -3.78. The van der Waals surface area contributed by atoms with Crippen LogP contribution in [0.4, 0.5) is 5.69 Å². The molecule has 1 heterocycles. The van der Waals surface area contributed by atoms with Crippen LogP contribution in [0.3, 0.4) is 0 Å². The Hall–Kier alpha value is -2.35. The summed E-state index contributed by atoms with van der Waals surface area (Å²) in [7, 11) is -2.21. The van der Waals surface area contributed by atoms with Crippen molar-refractivity contribution < 1.29 is 18.3 Å². The molecule has 0 saturated carbocycles. The second kappa shape index (κ2) is 4.73.